The molecule has 0 bridgehead atoms. The molecule has 12 heteroatoms. The molecule has 1 heterocycles. The van der Waals surface area contributed by atoms with Gasteiger partial charge < -0.3 is 26.0 Å². The lowest BCUT2D eigenvalue weighted by atomic mass is 10.2. The molecule has 1 aromatic heterocycles. The predicted octanol–water partition coefficient (Wildman–Crippen LogP) is 5.74. The van der Waals surface area contributed by atoms with Gasteiger partial charge in [-0.2, -0.15) is 15.0 Å². The number of nitrogens with zero attached hydrogens (tertiary/aromatic N) is 3. The summed E-state index contributed by atoms with van der Waals surface area (Å²) < 4.78 is 33.7. The van der Waals surface area contributed by atoms with Crippen molar-refractivity contribution in [1.82, 2.24) is 15.0 Å². The van der Waals surface area contributed by atoms with Crippen LogP contribution in [-0.2, 0) is 4.79 Å². The molecule has 3 aromatic carbocycles. The Balaban J connectivity index is 1.59. The number of rotatable bonds is 9. The van der Waals surface area contributed by atoms with Crippen molar-refractivity contribution in [3.63, 3.8) is 0 Å². The number of ether oxygens (including phenoxy) is 1. The largest absolute Gasteiger partial charge is 0.495 e. The molecular formula is C25H22ClF2N7O2. The number of halogens is 3. The average molecular weight is 526 g/mol. The number of hydrogen-bond donors (Lipinski definition) is 4. The number of benzene rings is 3. The summed E-state index contributed by atoms with van der Waals surface area (Å²) in [7, 11) is 1.47. The summed E-state index contributed by atoms with van der Waals surface area (Å²) in [5, 5.41) is 11.6. The molecule has 4 N–H and O–H groups in total. The van der Waals surface area contributed by atoms with Gasteiger partial charge in [0.05, 0.1) is 24.2 Å². The van der Waals surface area contributed by atoms with Gasteiger partial charge >= 0.3 is 0 Å². The van der Waals surface area contributed by atoms with E-state index in [0.29, 0.717) is 16.5 Å². The zero-order valence-electron chi connectivity index (χ0n) is 19.7. The van der Waals surface area contributed by atoms with E-state index in [1.165, 1.54) is 31.4 Å². The highest BCUT2D eigenvalue weighted by atomic mass is 35.5. The highest BCUT2D eigenvalue weighted by Crippen LogP contribution is 2.28. The Morgan fingerprint density at radius 3 is 1.92 bits per heavy atom. The van der Waals surface area contributed by atoms with Gasteiger partial charge in [-0.25, -0.2) is 8.78 Å². The molecule has 9 nitrogen and oxygen atoms in total. The third-order valence-electron chi connectivity index (χ3n) is 5.03. The summed E-state index contributed by atoms with van der Waals surface area (Å²) in [6.45, 7) is 1.59. The van der Waals surface area contributed by atoms with Crippen molar-refractivity contribution in [2.24, 2.45) is 0 Å². The number of hydrogen-bond acceptors (Lipinski definition) is 8. The Labute approximate surface area is 216 Å². The molecular weight excluding hydrogens is 504 g/mol. The summed E-state index contributed by atoms with van der Waals surface area (Å²) in [6, 6.07) is 15.9. The number of carbonyl (C=O) groups is 1. The Morgan fingerprint density at radius 2 is 1.38 bits per heavy atom. The van der Waals surface area contributed by atoms with Crippen LogP contribution in [0.3, 0.4) is 0 Å². The molecule has 0 saturated carbocycles. The topological polar surface area (TPSA) is 113 Å². The molecule has 4 aromatic rings. The van der Waals surface area contributed by atoms with Crippen LogP contribution in [0.4, 0.5) is 43.7 Å². The SMILES string of the molecule is COc1ccc(Cl)cc1NC(=O)[C@@H](C)Nc1nc(Nc2ccccc2F)nc(Nc2ccccc2F)n1. The summed E-state index contributed by atoms with van der Waals surface area (Å²) in [5.74, 6) is -1.15. The summed E-state index contributed by atoms with van der Waals surface area (Å²) in [4.78, 5) is 25.6. The molecule has 1 amide bonds. The van der Waals surface area contributed by atoms with Crippen molar-refractivity contribution in [3.05, 3.63) is 83.4 Å². The minimum Gasteiger partial charge on any atom is -0.495 e. The number of para-hydroxylation sites is 2. The average Bonchev–Trinajstić information content (AvgIpc) is 2.87. The lowest BCUT2D eigenvalue weighted by molar-refractivity contribution is -0.116. The van der Waals surface area contributed by atoms with Crippen molar-refractivity contribution in [2.45, 2.75) is 13.0 Å². The van der Waals surface area contributed by atoms with E-state index >= 15 is 0 Å². The molecule has 0 fully saturated rings. The molecule has 4 rings (SSSR count). The highest BCUT2D eigenvalue weighted by Gasteiger charge is 2.18. The second kappa shape index (κ2) is 11.5. The monoisotopic (exact) mass is 525 g/mol. The van der Waals surface area contributed by atoms with Gasteiger partial charge in [-0.05, 0) is 49.4 Å². The molecule has 0 spiro atoms. The molecule has 0 aliphatic carbocycles. The second-order valence-electron chi connectivity index (χ2n) is 7.72. The molecule has 1 atom stereocenters. The fourth-order valence-electron chi connectivity index (χ4n) is 3.20. The van der Waals surface area contributed by atoms with E-state index in [0.717, 1.165) is 0 Å². The lowest BCUT2D eigenvalue weighted by Gasteiger charge is -2.17. The van der Waals surface area contributed by atoms with Crippen molar-refractivity contribution < 1.29 is 18.3 Å². The predicted molar refractivity (Wildman–Crippen MR) is 139 cm³/mol. The number of methoxy groups -OCH3 is 1. The van der Waals surface area contributed by atoms with Crippen molar-refractivity contribution >= 4 is 52.4 Å². The van der Waals surface area contributed by atoms with Gasteiger partial charge in [0.2, 0.25) is 23.8 Å². The molecule has 0 radical (unpaired) electrons. The fraction of sp³-hybridized carbons (Fsp3) is 0.120. The minimum absolute atomic E-state index is 0.0200. The van der Waals surface area contributed by atoms with Crippen LogP contribution in [0, 0.1) is 11.6 Å². The van der Waals surface area contributed by atoms with Gasteiger partial charge in [0.15, 0.2) is 0 Å². The van der Waals surface area contributed by atoms with E-state index in [1.807, 2.05) is 0 Å². The van der Waals surface area contributed by atoms with E-state index in [4.69, 9.17) is 16.3 Å². The van der Waals surface area contributed by atoms with Crippen LogP contribution < -0.4 is 26.0 Å². The maximum atomic E-state index is 14.2. The van der Waals surface area contributed by atoms with Gasteiger partial charge in [-0.15, -0.1) is 0 Å². The van der Waals surface area contributed by atoms with Crippen LogP contribution in [0.2, 0.25) is 5.02 Å². The van der Waals surface area contributed by atoms with E-state index < -0.39 is 23.6 Å². The number of aromatic nitrogens is 3. The first-order chi connectivity index (χ1) is 17.8. The maximum Gasteiger partial charge on any atom is 0.246 e. The van der Waals surface area contributed by atoms with Crippen LogP contribution in [0.25, 0.3) is 0 Å². The Morgan fingerprint density at radius 1 is 0.838 bits per heavy atom. The number of anilines is 6. The smallest absolute Gasteiger partial charge is 0.246 e. The van der Waals surface area contributed by atoms with E-state index in [1.54, 1.807) is 49.4 Å². The molecule has 0 unspecified atom stereocenters. The first-order valence-corrected chi connectivity index (χ1v) is 11.4. The molecule has 190 valence electrons. The Bertz CT molecular complexity index is 1360. The zero-order valence-corrected chi connectivity index (χ0v) is 20.5. The van der Waals surface area contributed by atoms with Gasteiger partial charge in [-0.3, -0.25) is 4.79 Å². The van der Waals surface area contributed by atoms with Gasteiger partial charge in [0.25, 0.3) is 0 Å². The Hall–Kier alpha value is -4.51. The first-order valence-electron chi connectivity index (χ1n) is 11.0. The minimum atomic E-state index is -0.839. The standard InChI is InChI=1S/C25H22ClF2N7O2/c1-14(22(36)30-20-13-15(26)11-12-21(20)37-2)29-23-33-24(31-18-9-5-3-7-16(18)27)35-25(34-23)32-19-10-6-4-8-17(19)28/h3-14H,1-2H3,(H,30,36)(H3,29,31,32,33,34,35)/t14-/m1/s1. The van der Waals surface area contributed by atoms with Gasteiger partial charge in [0, 0.05) is 5.02 Å². The molecule has 0 saturated heterocycles. The fourth-order valence-corrected chi connectivity index (χ4v) is 3.37. The lowest BCUT2D eigenvalue weighted by Crippen LogP contribution is -2.32. The Kier molecular flexibility index (Phi) is 7.94. The second-order valence-corrected chi connectivity index (χ2v) is 8.15. The van der Waals surface area contributed by atoms with E-state index in [-0.39, 0.29) is 29.2 Å². The van der Waals surface area contributed by atoms with Gasteiger partial charge in [-0.1, -0.05) is 35.9 Å². The van der Waals surface area contributed by atoms with Gasteiger partial charge in [0.1, 0.15) is 23.4 Å². The summed E-state index contributed by atoms with van der Waals surface area (Å²) in [5.41, 5.74) is 0.624. The summed E-state index contributed by atoms with van der Waals surface area (Å²) >= 11 is 6.04. The van der Waals surface area contributed by atoms with Crippen LogP contribution >= 0.6 is 11.6 Å². The van der Waals surface area contributed by atoms with Crippen LogP contribution in [0.15, 0.2) is 66.7 Å². The van der Waals surface area contributed by atoms with Crippen LogP contribution in [0.1, 0.15) is 6.92 Å². The van der Waals surface area contributed by atoms with E-state index in [2.05, 4.69) is 36.2 Å². The van der Waals surface area contributed by atoms with Crippen molar-refractivity contribution in [1.29, 1.82) is 0 Å². The zero-order chi connectivity index (χ0) is 26.4. The number of nitrogens with one attached hydrogen (secondary N) is 4. The summed E-state index contributed by atoms with van der Waals surface area (Å²) in [6.07, 6.45) is 0. The third-order valence-corrected chi connectivity index (χ3v) is 5.27. The first kappa shape index (κ1) is 25.6. The maximum absolute atomic E-state index is 14.2. The highest BCUT2D eigenvalue weighted by molar-refractivity contribution is 6.31. The van der Waals surface area contributed by atoms with Crippen LogP contribution in [-0.4, -0.2) is 34.0 Å². The molecule has 37 heavy (non-hydrogen) atoms. The quantitative estimate of drug-likeness (QED) is 0.219. The van der Waals surface area contributed by atoms with Crippen LogP contribution in [0.5, 0.6) is 5.75 Å². The number of carbonyl (C=O) groups excluding carboxylic acids is 1. The van der Waals surface area contributed by atoms with E-state index in [9.17, 15) is 13.6 Å². The molecule has 0 aliphatic heterocycles. The molecule has 0 aliphatic rings. The normalized spacial score (nSPS) is 11.4. The van der Waals surface area contributed by atoms with Crippen molar-refractivity contribution in [3.8, 4) is 5.75 Å². The number of amides is 1. The third kappa shape index (κ3) is 6.58. The van der Waals surface area contributed by atoms with Crippen molar-refractivity contribution in [2.75, 3.05) is 28.4 Å².